The van der Waals surface area contributed by atoms with Crippen molar-refractivity contribution in [2.24, 2.45) is 7.05 Å². The summed E-state index contributed by atoms with van der Waals surface area (Å²) in [7, 11) is 3.37. The van der Waals surface area contributed by atoms with Crippen molar-refractivity contribution >= 4 is 44.8 Å². The molecule has 0 spiro atoms. The molecule has 0 saturated heterocycles. The van der Waals surface area contributed by atoms with Crippen LogP contribution in [0.2, 0.25) is 0 Å². The fraction of sp³-hybridized carbons (Fsp3) is 0.441. The number of amides is 2. The lowest BCUT2D eigenvalue weighted by Gasteiger charge is -2.44. The number of aromatic nitrogens is 1. The van der Waals surface area contributed by atoms with Gasteiger partial charge in [-0.25, -0.2) is 9.59 Å². The molecule has 3 aromatic carbocycles. The van der Waals surface area contributed by atoms with Gasteiger partial charge in [0.1, 0.15) is 17.1 Å². The molecule has 10 heteroatoms. The molecule has 10 nitrogen and oxygen atoms in total. The van der Waals surface area contributed by atoms with Crippen molar-refractivity contribution in [3.63, 3.8) is 0 Å². The van der Waals surface area contributed by atoms with Gasteiger partial charge in [0.2, 0.25) is 5.43 Å². The predicted octanol–water partition coefficient (Wildman–Crippen LogP) is 6.39. The molecule has 0 bridgehead atoms. The monoisotopic (exact) mass is 603 g/mol. The van der Waals surface area contributed by atoms with Crippen molar-refractivity contribution in [3.05, 3.63) is 58.3 Å². The zero-order valence-corrected chi connectivity index (χ0v) is 26.7. The van der Waals surface area contributed by atoms with Gasteiger partial charge in [0.25, 0.3) is 0 Å². The van der Waals surface area contributed by atoms with Crippen LogP contribution in [0.5, 0.6) is 11.5 Å². The van der Waals surface area contributed by atoms with Gasteiger partial charge in [0.05, 0.1) is 29.1 Å². The van der Waals surface area contributed by atoms with Gasteiger partial charge in [0, 0.05) is 44.7 Å². The molecular formula is C34H41N3O7. The Labute approximate surface area is 257 Å². The molecular weight excluding hydrogens is 562 g/mol. The van der Waals surface area contributed by atoms with Gasteiger partial charge in [-0.1, -0.05) is 24.3 Å². The van der Waals surface area contributed by atoms with Crippen molar-refractivity contribution < 1.29 is 28.5 Å². The molecule has 0 aliphatic carbocycles. The highest BCUT2D eigenvalue weighted by molar-refractivity contribution is 6.04. The summed E-state index contributed by atoms with van der Waals surface area (Å²) in [6.07, 6.45) is -3.25. The average molecular weight is 604 g/mol. The molecule has 2 amide bonds. The molecule has 5 rings (SSSR count). The summed E-state index contributed by atoms with van der Waals surface area (Å²) >= 11 is 0. The third kappa shape index (κ3) is 5.06. The number of benzene rings is 3. The summed E-state index contributed by atoms with van der Waals surface area (Å²) < 4.78 is 26.6. The Morgan fingerprint density at radius 2 is 1.48 bits per heavy atom. The van der Waals surface area contributed by atoms with Crippen LogP contribution in [0.3, 0.4) is 0 Å². The minimum atomic E-state index is -1.12. The predicted molar refractivity (Wildman–Crippen MR) is 171 cm³/mol. The molecule has 0 fully saturated rings. The molecule has 44 heavy (non-hydrogen) atoms. The maximum atomic E-state index is 14.3. The molecule has 2 unspecified atom stereocenters. The SMILES string of the molecule is CCN(CC)C(=O)OC1c2c(cc(OC)c3c(=O)c4cc5ccccc5cc4n(C)c23)OC(C)(C)C1OC(=O)N(CC)CC. The third-order valence-corrected chi connectivity index (χ3v) is 8.63. The number of pyridine rings is 1. The first-order valence-electron chi connectivity index (χ1n) is 15.2. The summed E-state index contributed by atoms with van der Waals surface area (Å²) in [5.74, 6) is 0.708. The largest absolute Gasteiger partial charge is 0.496 e. The number of fused-ring (bicyclic) bond motifs is 5. The van der Waals surface area contributed by atoms with Gasteiger partial charge < -0.3 is 33.3 Å². The summed E-state index contributed by atoms with van der Waals surface area (Å²) in [4.78, 5) is 44.3. The van der Waals surface area contributed by atoms with Crippen molar-refractivity contribution in [2.45, 2.75) is 59.4 Å². The average Bonchev–Trinajstić information content (AvgIpc) is 3.00. The molecule has 0 saturated carbocycles. The van der Waals surface area contributed by atoms with Gasteiger partial charge in [-0.05, 0) is 64.4 Å². The zero-order chi connectivity index (χ0) is 31.9. The lowest BCUT2D eigenvalue weighted by Crippen LogP contribution is -2.54. The number of hydrogen-bond donors (Lipinski definition) is 0. The lowest BCUT2D eigenvalue weighted by atomic mass is 9.86. The van der Waals surface area contributed by atoms with Crippen molar-refractivity contribution in [2.75, 3.05) is 33.3 Å². The van der Waals surface area contributed by atoms with Crippen LogP contribution in [-0.4, -0.2) is 71.5 Å². The highest BCUT2D eigenvalue weighted by atomic mass is 16.6. The lowest BCUT2D eigenvalue weighted by molar-refractivity contribution is -0.124. The van der Waals surface area contributed by atoms with Gasteiger partial charge >= 0.3 is 12.2 Å². The highest BCUT2D eigenvalue weighted by Crippen LogP contribution is 2.49. The molecule has 1 aliphatic rings. The molecule has 2 heterocycles. The molecule has 4 aromatic rings. The number of aryl methyl sites for hydroxylation is 1. The first kappa shape index (κ1) is 31.0. The van der Waals surface area contributed by atoms with Crippen LogP contribution in [0.4, 0.5) is 9.59 Å². The van der Waals surface area contributed by atoms with E-state index >= 15 is 0 Å². The van der Waals surface area contributed by atoms with Crippen LogP contribution in [-0.2, 0) is 16.5 Å². The van der Waals surface area contributed by atoms with E-state index in [0.29, 0.717) is 65.0 Å². The van der Waals surface area contributed by atoms with Crippen LogP contribution in [0, 0.1) is 0 Å². The first-order chi connectivity index (χ1) is 21.0. The second-order valence-electron chi connectivity index (χ2n) is 11.5. The minimum Gasteiger partial charge on any atom is -0.496 e. The van der Waals surface area contributed by atoms with Crippen molar-refractivity contribution in [1.29, 1.82) is 0 Å². The summed E-state index contributed by atoms with van der Waals surface area (Å²) in [6, 6.07) is 13.4. The molecule has 2 atom stereocenters. The van der Waals surface area contributed by atoms with E-state index in [2.05, 4.69) is 0 Å². The van der Waals surface area contributed by atoms with Crippen LogP contribution in [0.1, 0.15) is 53.2 Å². The van der Waals surface area contributed by atoms with E-state index in [9.17, 15) is 14.4 Å². The Balaban J connectivity index is 1.86. The number of rotatable bonds is 7. The fourth-order valence-corrected chi connectivity index (χ4v) is 6.18. The van der Waals surface area contributed by atoms with Gasteiger partial charge in [-0.15, -0.1) is 0 Å². The Kier molecular flexibility index (Phi) is 8.38. The summed E-state index contributed by atoms with van der Waals surface area (Å²) in [5.41, 5.74) is 0.256. The number of nitrogens with zero attached hydrogens (tertiary/aromatic N) is 3. The third-order valence-electron chi connectivity index (χ3n) is 8.63. The van der Waals surface area contributed by atoms with E-state index in [1.807, 2.05) is 75.7 Å². The standard InChI is InChI=1S/C34H41N3O7/c1-9-36(10-2)32(39)42-30-27-25(44-34(5,6)31(30)43-33(40)37(11-3)12-4)19-24(41-8)26-28(27)35(7)23-18-21-16-14-13-15-20(21)17-22(23)29(26)38/h13-19,30-31H,9-12H2,1-8H3. The number of carbonyl (C=O) groups is 2. The van der Waals surface area contributed by atoms with Crippen molar-refractivity contribution in [1.82, 2.24) is 14.4 Å². The van der Waals surface area contributed by atoms with Gasteiger partial charge in [0.15, 0.2) is 12.2 Å². The minimum absolute atomic E-state index is 0.228. The van der Waals surface area contributed by atoms with E-state index in [4.69, 9.17) is 18.9 Å². The summed E-state index contributed by atoms with van der Waals surface area (Å²) in [5, 5.41) is 2.75. The molecule has 0 radical (unpaired) electrons. The molecule has 234 valence electrons. The molecule has 1 aliphatic heterocycles. The van der Waals surface area contributed by atoms with Crippen LogP contribution in [0.25, 0.3) is 32.6 Å². The highest BCUT2D eigenvalue weighted by Gasteiger charge is 2.51. The number of ether oxygens (including phenoxy) is 4. The van der Waals surface area contributed by atoms with Crippen molar-refractivity contribution in [3.8, 4) is 11.5 Å². The van der Waals surface area contributed by atoms with Crippen LogP contribution >= 0.6 is 0 Å². The zero-order valence-electron chi connectivity index (χ0n) is 26.7. The Morgan fingerprint density at radius 1 is 0.909 bits per heavy atom. The Morgan fingerprint density at radius 3 is 2.05 bits per heavy atom. The molecule has 0 N–H and O–H groups in total. The number of carbonyl (C=O) groups excluding carboxylic acids is 2. The maximum absolute atomic E-state index is 14.3. The maximum Gasteiger partial charge on any atom is 0.410 e. The topological polar surface area (TPSA) is 99.5 Å². The van der Waals surface area contributed by atoms with E-state index in [-0.39, 0.29) is 5.43 Å². The Hall–Kier alpha value is -4.47. The van der Waals surface area contributed by atoms with E-state index in [0.717, 1.165) is 10.8 Å². The van der Waals surface area contributed by atoms with Crippen LogP contribution in [0.15, 0.2) is 47.3 Å². The molecule has 1 aromatic heterocycles. The summed E-state index contributed by atoms with van der Waals surface area (Å²) in [6.45, 7) is 12.8. The first-order valence-corrected chi connectivity index (χ1v) is 15.2. The smallest absolute Gasteiger partial charge is 0.410 e. The van der Waals surface area contributed by atoms with E-state index in [1.54, 1.807) is 29.7 Å². The Bertz CT molecular complexity index is 1800. The van der Waals surface area contributed by atoms with Gasteiger partial charge in [-0.3, -0.25) is 4.79 Å². The van der Waals surface area contributed by atoms with E-state index < -0.39 is 30.0 Å². The number of methoxy groups -OCH3 is 1. The quantitative estimate of drug-likeness (QED) is 0.226. The van der Waals surface area contributed by atoms with Crippen LogP contribution < -0.4 is 14.9 Å². The van der Waals surface area contributed by atoms with E-state index in [1.165, 1.54) is 7.11 Å². The fourth-order valence-electron chi connectivity index (χ4n) is 6.18. The number of hydrogen-bond acceptors (Lipinski definition) is 7. The van der Waals surface area contributed by atoms with Gasteiger partial charge in [-0.2, -0.15) is 0 Å². The normalized spacial score (nSPS) is 17.2. The second-order valence-corrected chi connectivity index (χ2v) is 11.5. The second kappa shape index (κ2) is 11.9.